The minimum atomic E-state index is -0.109. The van der Waals surface area contributed by atoms with Crippen LogP contribution in [0.4, 0.5) is 0 Å². The highest BCUT2D eigenvalue weighted by molar-refractivity contribution is 5.77. The van der Waals surface area contributed by atoms with Crippen LogP contribution in [0, 0.1) is 5.41 Å². The Morgan fingerprint density at radius 1 is 1.39 bits per heavy atom. The zero-order valence-corrected chi connectivity index (χ0v) is 14.1. The molecule has 0 saturated heterocycles. The Hall–Kier alpha value is -1.59. The normalized spacial score (nSPS) is 23.7. The van der Waals surface area contributed by atoms with Gasteiger partial charge in [-0.2, -0.15) is 0 Å². The van der Waals surface area contributed by atoms with Gasteiger partial charge in [-0.05, 0) is 37.5 Å². The molecular formula is C18H28N2O3. The van der Waals surface area contributed by atoms with Crippen LogP contribution in [-0.4, -0.2) is 36.8 Å². The smallest absolute Gasteiger partial charge is 0.257 e. The van der Waals surface area contributed by atoms with Crippen molar-refractivity contribution < 1.29 is 14.6 Å². The van der Waals surface area contributed by atoms with Crippen molar-refractivity contribution in [3.8, 4) is 5.75 Å². The predicted octanol–water partition coefficient (Wildman–Crippen LogP) is 1.84. The van der Waals surface area contributed by atoms with Crippen molar-refractivity contribution in [3.63, 3.8) is 0 Å². The van der Waals surface area contributed by atoms with Gasteiger partial charge in [0.15, 0.2) is 6.61 Å². The fraction of sp³-hybridized carbons (Fsp3) is 0.611. The molecule has 2 unspecified atom stereocenters. The first-order valence-corrected chi connectivity index (χ1v) is 8.40. The zero-order chi connectivity index (χ0) is 16.7. The summed E-state index contributed by atoms with van der Waals surface area (Å²) in [4.78, 5) is 11.4. The van der Waals surface area contributed by atoms with E-state index in [1.807, 2.05) is 31.2 Å². The second-order valence-electron chi connectivity index (χ2n) is 6.52. The Balaban J connectivity index is 1.80. The first-order valence-electron chi connectivity index (χ1n) is 8.40. The second-order valence-corrected chi connectivity index (χ2v) is 6.52. The van der Waals surface area contributed by atoms with E-state index >= 15 is 0 Å². The molecule has 1 aromatic rings. The van der Waals surface area contributed by atoms with Crippen LogP contribution in [0.5, 0.6) is 5.75 Å². The number of benzene rings is 1. The number of rotatable bonds is 8. The lowest BCUT2D eigenvalue weighted by molar-refractivity contribution is -0.122. The minimum Gasteiger partial charge on any atom is -0.484 e. The van der Waals surface area contributed by atoms with Gasteiger partial charge in [-0.25, -0.2) is 0 Å². The van der Waals surface area contributed by atoms with Crippen LogP contribution >= 0.6 is 0 Å². The summed E-state index contributed by atoms with van der Waals surface area (Å²) in [5, 5.41) is 15.8. The van der Waals surface area contributed by atoms with Crippen molar-refractivity contribution in [2.24, 2.45) is 5.41 Å². The topological polar surface area (TPSA) is 70.6 Å². The van der Waals surface area contributed by atoms with Crippen LogP contribution in [0.3, 0.4) is 0 Å². The molecule has 2 atom stereocenters. The molecule has 0 heterocycles. The summed E-state index contributed by atoms with van der Waals surface area (Å²) in [5.74, 6) is 0.587. The van der Waals surface area contributed by atoms with Gasteiger partial charge in [-0.15, -0.1) is 0 Å². The molecule has 0 aliphatic heterocycles. The Bertz CT molecular complexity index is 503. The summed E-state index contributed by atoms with van der Waals surface area (Å²) in [7, 11) is 0. The molecule has 1 aromatic carbocycles. The van der Waals surface area contributed by atoms with Crippen molar-refractivity contribution >= 4 is 5.91 Å². The molecular weight excluding hydrogens is 292 g/mol. The van der Waals surface area contributed by atoms with E-state index in [1.54, 1.807) is 0 Å². The summed E-state index contributed by atoms with van der Waals surface area (Å²) >= 11 is 0. The van der Waals surface area contributed by atoms with Crippen LogP contribution in [0.1, 0.15) is 38.7 Å². The lowest BCUT2D eigenvalue weighted by Crippen LogP contribution is -2.41. The third kappa shape index (κ3) is 4.94. The van der Waals surface area contributed by atoms with E-state index in [4.69, 9.17) is 4.74 Å². The molecule has 1 saturated carbocycles. The van der Waals surface area contributed by atoms with E-state index in [0.29, 0.717) is 18.3 Å². The number of nitrogens with one attached hydrogen (secondary N) is 2. The molecule has 0 radical (unpaired) electrons. The standard InChI is InChI=1S/C18H28N2O3/c1-3-19-17(22)12-23-15-8-6-14(7-9-15)11-20-16-5-4-10-18(16,2)13-21/h6-9,16,20-21H,3-5,10-13H2,1-2H3,(H,19,22). The van der Waals surface area contributed by atoms with E-state index in [1.165, 1.54) is 12.0 Å². The molecule has 0 aromatic heterocycles. The number of amides is 1. The van der Waals surface area contributed by atoms with Crippen molar-refractivity contribution in [2.45, 2.75) is 45.7 Å². The second kappa shape index (κ2) is 8.31. The average molecular weight is 320 g/mol. The average Bonchev–Trinajstić information content (AvgIpc) is 2.94. The van der Waals surface area contributed by atoms with E-state index in [9.17, 15) is 9.90 Å². The van der Waals surface area contributed by atoms with Gasteiger partial charge in [-0.1, -0.05) is 25.5 Å². The number of aliphatic hydroxyl groups excluding tert-OH is 1. The zero-order valence-electron chi connectivity index (χ0n) is 14.1. The maximum absolute atomic E-state index is 11.4. The number of likely N-dealkylation sites (N-methyl/N-ethyl adjacent to an activating group) is 1. The number of aliphatic hydroxyl groups is 1. The molecule has 128 valence electrons. The van der Waals surface area contributed by atoms with Crippen LogP contribution in [-0.2, 0) is 11.3 Å². The molecule has 1 amide bonds. The molecule has 1 aliphatic rings. The summed E-state index contributed by atoms with van der Waals surface area (Å²) in [6.45, 7) is 5.69. The maximum atomic E-state index is 11.4. The summed E-state index contributed by atoms with van der Waals surface area (Å²) < 4.78 is 5.44. The van der Waals surface area contributed by atoms with Crippen molar-refractivity contribution in [1.82, 2.24) is 10.6 Å². The summed E-state index contributed by atoms with van der Waals surface area (Å²) in [6.07, 6.45) is 3.36. The summed E-state index contributed by atoms with van der Waals surface area (Å²) in [5.41, 5.74) is 1.16. The molecule has 0 spiro atoms. The third-order valence-electron chi connectivity index (χ3n) is 4.66. The van der Waals surface area contributed by atoms with Crippen molar-refractivity contribution in [2.75, 3.05) is 19.8 Å². The molecule has 23 heavy (non-hydrogen) atoms. The van der Waals surface area contributed by atoms with E-state index in [-0.39, 0.29) is 24.5 Å². The highest BCUT2D eigenvalue weighted by Gasteiger charge is 2.37. The number of hydrogen-bond acceptors (Lipinski definition) is 4. The lowest BCUT2D eigenvalue weighted by atomic mass is 9.86. The number of hydrogen-bond donors (Lipinski definition) is 3. The summed E-state index contributed by atoms with van der Waals surface area (Å²) in [6, 6.07) is 8.14. The van der Waals surface area contributed by atoms with Gasteiger partial charge in [0.25, 0.3) is 5.91 Å². The predicted molar refractivity (Wildman–Crippen MR) is 90.3 cm³/mol. The minimum absolute atomic E-state index is 0.00427. The van der Waals surface area contributed by atoms with Crippen LogP contribution in [0.15, 0.2) is 24.3 Å². The van der Waals surface area contributed by atoms with Gasteiger partial charge in [-0.3, -0.25) is 4.79 Å². The van der Waals surface area contributed by atoms with Gasteiger partial charge >= 0.3 is 0 Å². The highest BCUT2D eigenvalue weighted by atomic mass is 16.5. The van der Waals surface area contributed by atoms with Gasteiger partial charge in [0.05, 0.1) is 0 Å². The van der Waals surface area contributed by atoms with Crippen LogP contribution in [0.25, 0.3) is 0 Å². The fourth-order valence-electron chi connectivity index (χ4n) is 3.11. The quantitative estimate of drug-likeness (QED) is 0.683. The Morgan fingerprint density at radius 3 is 2.78 bits per heavy atom. The molecule has 0 bridgehead atoms. The molecule has 5 heteroatoms. The Morgan fingerprint density at radius 2 is 2.13 bits per heavy atom. The SMILES string of the molecule is CCNC(=O)COc1ccc(CNC2CCCC2(C)CO)cc1. The van der Waals surface area contributed by atoms with Gasteiger partial charge < -0.3 is 20.5 Å². The number of carbonyl (C=O) groups is 1. The van der Waals surface area contributed by atoms with Crippen LogP contribution < -0.4 is 15.4 Å². The number of carbonyl (C=O) groups excluding carboxylic acids is 1. The molecule has 2 rings (SSSR count). The first kappa shape index (κ1) is 17.8. The number of ether oxygens (including phenoxy) is 1. The van der Waals surface area contributed by atoms with Crippen molar-refractivity contribution in [3.05, 3.63) is 29.8 Å². The lowest BCUT2D eigenvalue weighted by Gasteiger charge is -2.30. The Kier molecular flexibility index (Phi) is 6.42. The first-order chi connectivity index (χ1) is 11.1. The fourth-order valence-corrected chi connectivity index (χ4v) is 3.11. The van der Waals surface area contributed by atoms with Gasteiger partial charge in [0.1, 0.15) is 5.75 Å². The van der Waals surface area contributed by atoms with E-state index in [2.05, 4.69) is 17.6 Å². The monoisotopic (exact) mass is 320 g/mol. The Labute approximate surface area is 138 Å². The molecule has 1 aliphatic carbocycles. The van der Waals surface area contributed by atoms with Crippen LogP contribution in [0.2, 0.25) is 0 Å². The van der Waals surface area contributed by atoms with E-state index < -0.39 is 0 Å². The molecule has 5 nitrogen and oxygen atoms in total. The largest absolute Gasteiger partial charge is 0.484 e. The van der Waals surface area contributed by atoms with E-state index in [0.717, 1.165) is 19.4 Å². The van der Waals surface area contributed by atoms with Crippen molar-refractivity contribution in [1.29, 1.82) is 0 Å². The van der Waals surface area contributed by atoms with Gasteiger partial charge in [0.2, 0.25) is 0 Å². The maximum Gasteiger partial charge on any atom is 0.257 e. The highest BCUT2D eigenvalue weighted by Crippen LogP contribution is 2.37. The third-order valence-corrected chi connectivity index (χ3v) is 4.66. The molecule has 1 fully saturated rings. The van der Waals surface area contributed by atoms with Gasteiger partial charge in [0, 0.05) is 31.2 Å². The molecule has 3 N–H and O–H groups in total.